The Labute approximate surface area is 182 Å². The van der Waals surface area contributed by atoms with Crippen LogP contribution in [-0.4, -0.2) is 45.2 Å². The third kappa shape index (κ3) is 3.41. The van der Waals surface area contributed by atoms with Gasteiger partial charge in [-0.1, -0.05) is 12.2 Å². The van der Waals surface area contributed by atoms with Crippen LogP contribution < -0.4 is 15.8 Å². The van der Waals surface area contributed by atoms with E-state index in [2.05, 4.69) is 5.32 Å². The zero-order valence-electron chi connectivity index (χ0n) is 17.7. The van der Waals surface area contributed by atoms with E-state index in [9.17, 15) is 28.3 Å². The third-order valence-electron chi connectivity index (χ3n) is 5.79. The molecule has 0 saturated heterocycles. The quantitative estimate of drug-likeness (QED) is 0.704. The molecule has 1 aromatic heterocycles. The second kappa shape index (κ2) is 7.77. The van der Waals surface area contributed by atoms with Crippen molar-refractivity contribution in [3.8, 4) is 5.75 Å². The van der Waals surface area contributed by atoms with Gasteiger partial charge in [-0.05, 0) is 38.5 Å². The zero-order chi connectivity index (χ0) is 23.3. The number of benzene rings is 1. The van der Waals surface area contributed by atoms with E-state index < -0.39 is 46.7 Å². The number of carbonyl (C=O) groups excluding carboxylic acids is 2. The van der Waals surface area contributed by atoms with Crippen LogP contribution in [0.3, 0.4) is 0 Å². The van der Waals surface area contributed by atoms with Crippen molar-refractivity contribution in [3.05, 3.63) is 74.7 Å². The van der Waals surface area contributed by atoms with Crippen LogP contribution in [0.5, 0.6) is 5.75 Å². The number of carbonyl (C=O) groups is 2. The fraction of sp³-hybridized carbons (Fsp3) is 0.318. The summed E-state index contributed by atoms with van der Waals surface area (Å²) in [7, 11) is 0. The highest BCUT2D eigenvalue weighted by Crippen LogP contribution is 2.26. The minimum absolute atomic E-state index is 0.185. The standard InChI is InChI=1S/C22H22F2N4O4/c1-11-6-16(23)14(17(24)7-11)8-25-21(31)15-9-27-18(20(30)19(15)29)22(32)26-10-28(27)13(3)5-4-12(26)2/h4-7,9,12-13,30H,8,10H2,1-3H3,(H,25,31)/t12-,13+/m0/s1. The molecule has 2 aliphatic heterocycles. The molecule has 1 aromatic carbocycles. The summed E-state index contributed by atoms with van der Waals surface area (Å²) < 4.78 is 29.4. The summed E-state index contributed by atoms with van der Waals surface area (Å²) >= 11 is 0. The van der Waals surface area contributed by atoms with Crippen LogP contribution in [0.25, 0.3) is 0 Å². The Kier molecular flexibility index (Phi) is 5.23. The molecule has 2 atom stereocenters. The van der Waals surface area contributed by atoms with Gasteiger partial charge in [-0.2, -0.15) is 0 Å². The molecule has 0 spiro atoms. The topological polar surface area (TPSA) is 94.9 Å². The molecule has 0 fully saturated rings. The second-order valence-corrected chi connectivity index (χ2v) is 8.03. The maximum absolute atomic E-state index is 14.1. The van der Waals surface area contributed by atoms with Gasteiger partial charge in [-0.25, -0.2) is 8.78 Å². The third-order valence-corrected chi connectivity index (χ3v) is 5.79. The average Bonchev–Trinajstić information content (AvgIpc) is 2.85. The molecule has 2 N–H and O–H groups in total. The Bertz CT molecular complexity index is 1200. The van der Waals surface area contributed by atoms with Crippen molar-refractivity contribution in [1.82, 2.24) is 14.9 Å². The minimum Gasteiger partial charge on any atom is -0.502 e. The molecule has 168 valence electrons. The average molecular weight is 444 g/mol. The predicted octanol–water partition coefficient (Wildman–Crippen LogP) is 1.77. The molecule has 2 amide bonds. The zero-order valence-corrected chi connectivity index (χ0v) is 17.7. The first-order valence-electron chi connectivity index (χ1n) is 10.1. The second-order valence-electron chi connectivity index (χ2n) is 8.03. The van der Waals surface area contributed by atoms with Gasteiger partial charge in [-0.15, -0.1) is 0 Å². The van der Waals surface area contributed by atoms with Crippen LogP contribution in [0.15, 0.2) is 35.3 Å². The van der Waals surface area contributed by atoms with Crippen molar-refractivity contribution >= 4 is 11.8 Å². The van der Waals surface area contributed by atoms with Crippen molar-refractivity contribution < 1.29 is 23.5 Å². The maximum atomic E-state index is 14.1. The molecule has 0 unspecified atom stereocenters. The number of amides is 2. The summed E-state index contributed by atoms with van der Waals surface area (Å²) in [6, 6.07) is 1.82. The molecule has 0 aliphatic carbocycles. The van der Waals surface area contributed by atoms with Crippen LogP contribution in [-0.2, 0) is 6.54 Å². The molecule has 3 heterocycles. The van der Waals surface area contributed by atoms with Gasteiger partial charge in [0.25, 0.3) is 11.8 Å². The van der Waals surface area contributed by atoms with Crippen molar-refractivity contribution in [2.24, 2.45) is 0 Å². The molecular weight excluding hydrogens is 422 g/mol. The first kappa shape index (κ1) is 21.5. The number of hydrogen-bond donors (Lipinski definition) is 2. The maximum Gasteiger partial charge on any atom is 0.278 e. The molecule has 10 heteroatoms. The number of halogens is 2. The number of aromatic nitrogens is 1. The van der Waals surface area contributed by atoms with E-state index in [4.69, 9.17) is 0 Å². The summed E-state index contributed by atoms with van der Waals surface area (Å²) in [5.41, 5.74) is -1.69. The fourth-order valence-corrected chi connectivity index (χ4v) is 3.90. The number of hydrogen-bond acceptors (Lipinski definition) is 5. The Morgan fingerprint density at radius 1 is 1.16 bits per heavy atom. The highest BCUT2D eigenvalue weighted by atomic mass is 19.1. The highest BCUT2D eigenvalue weighted by Gasteiger charge is 2.38. The van der Waals surface area contributed by atoms with Gasteiger partial charge in [-0.3, -0.25) is 24.1 Å². The molecule has 0 radical (unpaired) electrons. The summed E-state index contributed by atoms with van der Waals surface area (Å²) in [5, 5.41) is 14.6. The highest BCUT2D eigenvalue weighted by molar-refractivity contribution is 5.99. The first-order chi connectivity index (χ1) is 15.1. The van der Waals surface area contributed by atoms with E-state index in [-0.39, 0.29) is 30.0 Å². The Hall–Kier alpha value is -3.69. The lowest BCUT2D eigenvalue weighted by Crippen LogP contribution is -2.57. The van der Waals surface area contributed by atoms with Gasteiger partial charge in [0.1, 0.15) is 23.9 Å². The molecule has 4 rings (SSSR count). The number of fused-ring (bicyclic) bond motifs is 4. The lowest BCUT2D eigenvalue weighted by molar-refractivity contribution is 0.0652. The van der Waals surface area contributed by atoms with Gasteiger partial charge in [0.2, 0.25) is 5.43 Å². The molecule has 2 bridgehead atoms. The van der Waals surface area contributed by atoms with Crippen LogP contribution in [0.2, 0.25) is 0 Å². The van der Waals surface area contributed by atoms with Crippen LogP contribution in [0.4, 0.5) is 8.78 Å². The van der Waals surface area contributed by atoms with E-state index in [0.29, 0.717) is 5.56 Å². The Balaban J connectivity index is 1.71. The number of pyridine rings is 1. The lowest BCUT2D eigenvalue weighted by atomic mass is 10.1. The lowest BCUT2D eigenvalue weighted by Gasteiger charge is -2.41. The smallest absolute Gasteiger partial charge is 0.278 e. The molecule has 2 aromatic rings. The number of nitrogens with zero attached hydrogens (tertiary/aromatic N) is 3. The predicted molar refractivity (Wildman–Crippen MR) is 112 cm³/mol. The van der Waals surface area contributed by atoms with E-state index in [1.807, 2.05) is 26.0 Å². The molecule has 0 saturated carbocycles. The monoisotopic (exact) mass is 444 g/mol. The molecule has 32 heavy (non-hydrogen) atoms. The van der Waals surface area contributed by atoms with Gasteiger partial charge < -0.3 is 15.3 Å². The number of nitrogens with one attached hydrogen (secondary N) is 1. The Morgan fingerprint density at radius 2 is 1.78 bits per heavy atom. The molecule has 8 nitrogen and oxygen atoms in total. The van der Waals surface area contributed by atoms with E-state index in [1.165, 1.54) is 22.7 Å². The van der Waals surface area contributed by atoms with Crippen LogP contribution in [0.1, 0.15) is 45.8 Å². The van der Waals surface area contributed by atoms with Crippen molar-refractivity contribution in [3.63, 3.8) is 0 Å². The normalized spacial score (nSPS) is 19.6. The summed E-state index contributed by atoms with van der Waals surface area (Å²) in [5.74, 6) is -3.97. The van der Waals surface area contributed by atoms with Crippen molar-refractivity contribution in [1.29, 1.82) is 0 Å². The van der Waals surface area contributed by atoms with E-state index >= 15 is 0 Å². The summed E-state index contributed by atoms with van der Waals surface area (Å²) in [6.07, 6.45) is 4.90. The van der Waals surface area contributed by atoms with Gasteiger partial charge in [0, 0.05) is 24.3 Å². The number of rotatable bonds is 3. The van der Waals surface area contributed by atoms with E-state index in [0.717, 1.165) is 12.1 Å². The van der Waals surface area contributed by atoms with Gasteiger partial charge in [0.15, 0.2) is 11.4 Å². The number of aryl methyl sites for hydroxylation is 1. The molecular formula is C22H22F2N4O4. The van der Waals surface area contributed by atoms with Crippen LogP contribution >= 0.6 is 0 Å². The van der Waals surface area contributed by atoms with Gasteiger partial charge in [0.05, 0.1) is 6.04 Å². The van der Waals surface area contributed by atoms with Crippen molar-refractivity contribution in [2.45, 2.75) is 39.4 Å². The molecule has 2 aliphatic rings. The summed E-state index contributed by atoms with van der Waals surface area (Å²) in [6.45, 7) is 4.91. The van der Waals surface area contributed by atoms with Gasteiger partial charge >= 0.3 is 0 Å². The fourth-order valence-electron chi connectivity index (χ4n) is 3.90. The Morgan fingerprint density at radius 3 is 2.44 bits per heavy atom. The van der Waals surface area contributed by atoms with Crippen LogP contribution in [0, 0.1) is 18.6 Å². The largest absolute Gasteiger partial charge is 0.502 e. The number of aromatic hydroxyl groups is 1. The summed E-state index contributed by atoms with van der Waals surface area (Å²) in [4.78, 5) is 39.8. The minimum atomic E-state index is -1.04. The van der Waals surface area contributed by atoms with Crippen molar-refractivity contribution in [2.75, 3.05) is 11.7 Å². The SMILES string of the molecule is Cc1cc(F)c(CNC(=O)c2cn3c(c(O)c2=O)C(=O)N2CN3[C@H](C)C=C[C@@H]2C)c(F)c1. The van der Waals surface area contributed by atoms with E-state index in [1.54, 1.807) is 5.01 Å². The first-order valence-corrected chi connectivity index (χ1v) is 10.1.